The number of benzene rings is 1. The molecule has 1 saturated carbocycles. The van der Waals surface area contributed by atoms with E-state index in [-0.39, 0.29) is 5.82 Å². The summed E-state index contributed by atoms with van der Waals surface area (Å²) in [5, 5.41) is 15.1. The molecule has 0 amide bonds. The largest absolute Gasteiger partial charge is 0.355 e. The number of hydrogen-bond donors (Lipinski definition) is 2. The van der Waals surface area contributed by atoms with E-state index in [4.69, 9.17) is 4.99 Å². The van der Waals surface area contributed by atoms with Crippen LogP contribution in [-0.4, -0.2) is 39.9 Å². The van der Waals surface area contributed by atoms with Gasteiger partial charge < -0.3 is 15.2 Å². The van der Waals surface area contributed by atoms with Crippen molar-refractivity contribution in [2.45, 2.75) is 58.0 Å². The van der Waals surface area contributed by atoms with Crippen LogP contribution in [0.25, 0.3) is 0 Å². The smallest absolute Gasteiger partial charge is 0.191 e. The van der Waals surface area contributed by atoms with E-state index in [1.165, 1.54) is 37.8 Å². The van der Waals surface area contributed by atoms with Crippen molar-refractivity contribution in [3.63, 3.8) is 0 Å². The molecule has 27 heavy (non-hydrogen) atoms. The van der Waals surface area contributed by atoms with Gasteiger partial charge in [0.15, 0.2) is 5.96 Å². The average Bonchev–Trinajstić information content (AvgIpc) is 3.35. The van der Waals surface area contributed by atoms with Crippen LogP contribution in [-0.2, 0) is 19.4 Å². The molecule has 0 saturated heterocycles. The Morgan fingerprint density at radius 1 is 1.26 bits per heavy atom. The number of guanidine groups is 1. The van der Waals surface area contributed by atoms with Gasteiger partial charge in [0.2, 0.25) is 0 Å². The number of rotatable bonds is 8. The summed E-state index contributed by atoms with van der Waals surface area (Å²) in [6.07, 6.45) is 8.40. The maximum atomic E-state index is 13.0. The average molecular weight is 372 g/mol. The van der Waals surface area contributed by atoms with Crippen molar-refractivity contribution in [2.24, 2.45) is 4.99 Å². The fourth-order valence-corrected chi connectivity index (χ4v) is 3.40. The van der Waals surface area contributed by atoms with Gasteiger partial charge in [-0.2, -0.15) is 0 Å². The summed E-state index contributed by atoms with van der Waals surface area (Å²) in [7, 11) is 0. The van der Waals surface area contributed by atoms with E-state index in [9.17, 15) is 4.39 Å². The molecule has 146 valence electrons. The van der Waals surface area contributed by atoms with E-state index in [2.05, 4.69) is 32.3 Å². The Morgan fingerprint density at radius 2 is 2.04 bits per heavy atom. The number of aliphatic imine (C=N–C) groups is 1. The zero-order valence-electron chi connectivity index (χ0n) is 16.0. The Bertz CT molecular complexity index is 718. The second-order valence-electron chi connectivity index (χ2n) is 6.95. The minimum Gasteiger partial charge on any atom is -0.355 e. The predicted molar refractivity (Wildman–Crippen MR) is 105 cm³/mol. The Morgan fingerprint density at radius 3 is 2.78 bits per heavy atom. The first-order chi connectivity index (χ1) is 13.2. The molecule has 7 heteroatoms. The van der Waals surface area contributed by atoms with Crippen molar-refractivity contribution >= 4 is 5.96 Å². The highest BCUT2D eigenvalue weighted by molar-refractivity contribution is 5.80. The Kier molecular flexibility index (Phi) is 7.19. The number of nitrogens with one attached hydrogen (secondary N) is 2. The lowest BCUT2D eigenvalue weighted by Gasteiger charge is -2.18. The highest BCUT2D eigenvalue weighted by Crippen LogP contribution is 2.17. The lowest BCUT2D eigenvalue weighted by atomic mass is 10.1. The molecule has 0 radical (unpaired) electrons. The molecule has 1 aliphatic carbocycles. The highest BCUT2D eigenvalue weighted by atomic mass is 19.1. The van der Waals surface area contributed by atoms with E-state index in [0.717, 1.165) is 43.3 Å². The lowest BCUT2D eigenvalue weighted by Crippen LogP contribution is -2.43. The summed E-state index contributed by atoms with van der Waals surface area (Å²) in [5.74, 6) is 1.65. The van der Waals surface area contributed by atoms with Crippen LogP contribution in [0.3, 0.4) is 0 Å². The van der Waals surface area contributed by atoms with Crippen LogP contribution in [0.1, 0.15) is 44.0 Å². The standard InChI is InChI=1S/C20H29FN6/c1-2-19-26-24-15-27(19)14-13-23-20(25-18-5-3-4-6-18)22-12-11-16-7-9-17(21)10-8-16/h7-10,15,18H,2-6,11-14H2,1H3,(H2,22,23,25). The summed E-state index contributed by atoms with van der Waals surface area (Å²) in [5.41, 5.74) is 1.09. The molecular weight excluding hydrogens is 343 g/mol. The summed E-state index contributed by atoms with van der Waals surface area (Å²) in [4.78, 5) is 4.73. The normalized spacial score (nSPS) is 15.3. The Hall–Kier alpha value is -2.44. The Labute approximate surface area is 160 Å². The third-order valence-corrected chi connectivity index (χ3v) is 4.94. The minimum atomic E-state index is -0.201. The number of aromatic nitrogens is 3. The van der Waals surface area contributed by atoms with Gasteiger partial charge in [-0.05, 0) is 37.0 Å². The van der Waals surface area contributed by atoms with Gasteiger partial charge in [0.25, 0.3) is 0 Å². The molecule has 1 aliphatic rings. The van der Waals surface area contributed by atoms with Crippen LogP contribution in [0.15, 0.2) is 35.6 Å². The number of hydrogen-bond acceptors (Lipinski definition) is 3. The SMILES string of the molecule is CCc1nncn1CCNC(=NCCc1ccc(F)cc1)NC1CCCC1. The van der Waals surface area contributed by atoms with Crippen molar-refractivity contribution in [3.8, 4) is 0 Å². The van der Waals surface area contributed by atoms with E-state index in [0.29, 0.717) is 12.6 Å². The fraction of sp³-hybridized carbons (Fsp3) is 0.550. The van der Waals surface area contributed by atoms with Gasteiger partial charge in [-0.1, -0.05) is 31.9 Å². The predicted octanol–water partition coefficient (Wildman–Crippen LogP) is 2.70. The first-order valence-electron chi connectivity index (χ1n) is 9.90. The fourth-order valence-electron chi connectivity index (χ4n) is 3.40. The zero-order chi connectivity index (χ0) is 18.9. The molecule has 0 atom stereocenters. The molecule has 3 rings (SSSR count). The third-order valence-electron chi connectivity index (χ3n) is 4.94. The van der Waals surface area contributed by atoms with Gasteiger partial charge >= 0.3 is 0 Å². The molecule has 1 aromatic carbocycles. The molecule has 6 nitrogen and oxygen atoms in total. The maximum Gasteiger partial charge on any atom is 0.191 e. The van der Waals surface area contributed by atoms with Gasteiger partial charge in [-0.3, -0.25) is 4.99 Å². The molecule has 1 heterocycles. The first kappa shape index (κ1) is 19.3. The topological polar surface area (TPSA) is 67.1 Å². The number of halogens is 1. The van der Waals surface area contributed by atoms with Gasteiger partial charge in [-0.25, -0.2) is 4.39 Å². The van der Waals surface area contributed by atoms with Crippen molar-refractivity contribution in [2.75, 3.05) is 13.1 Å². The number of nitrogens with zero attached hydrogens (tertiary/aromatic N) is 4. The Balaban J connectivity index is 1.53. The molecule has 0 aliphatic heterocycles. The van der Waals surface area contributed by atoms with E-state index >= 15 is 0 Å². The summed E-state index contributed by atoms with van der Waals surface area (Å²) in [6.45, 7) is 4.32. The minimum absolute atomic E-state index is 0.201. The van der Waals surface area contributed by atoms with Gasteiger partial charge in [0.1, 0.15) is 18.0 Å². The monoisotopic (exact) mass is 372 g/mol. The van der Waals surface area contributed by atoms with E-state index < -0.39 is 0 Å². The third kappa shape index (κ3) is 6.05. The van der Waals surface area contributed by atoms with Crippen molar-refractivity contribution in [3.05, 3.63) is 47.8 Å². The summed E-state index contributed by atoms with van der Waals surface area (Å²) in [6, 6.07) is 7.14. The maximum absolute atomic E-state index is 13.0. The zero-order valence-corrected chi connectivity index (χ0v) is 16.0. The van der Waals surface area contributed by atoms with Gasteiger partial charge in [0, 0.05) is 32.1 Å². The second kappa shape index (κ2) is 10.0. The highest BCUT2D eigenvalue weighted by Gasteiger charge is 2.16. The van der Waals surface area contributed by atoms with Crippen LogP contribution in [0.4, 0.5) is 4.39 Å². The van der Waals surface area contributed by atoms with E-state index in [1.54, 1.807) is 6.33 Å². The molecule has 2 aromatic rings. The molecule has 2 N–H and O–H groups in total. The molecule has 1 fully saturated rings. The van der Waals surface area contributed by atoms with Crippen LogP contribution in [0.2, 0.25) is 0 Å². The molecule has 0 unspecified atom stereocenters. The van der Waals surface area contributed by atoms with Crippen LogP contribution >= 0.6 is 0 Å². The van der Waals surface area contributed by atoms with E-state index in [1.807, 2.05) is 12.1 Å². The molecule has 1 aromatic heterocycles. The van der Waals surface area contributed by atoms with Crippen molar-refractivity contribution in [1.29, 1.82) is 0 Å². The van der Waals surface area contributed by atoms with Crippen molar-refractivity contribution in [1.82, 2.24) is 25.4 Å². The van der Waals surface area contributed by atoms with Crippen LogP contribution in [0.5, 0.6) is 0 Å². The molecular formula is C20H29FN6. The summed E-state index contributed by atoms with van der Waals surface area (Å²) < 4.78 is 15.1. The summed E-state index contributed by atoms with van der Waals surface area (Å²) >= 11 is 0. The van der Waals surface area contributed by atoms with Crippen LogP contribution in [0, 0.1) is 5.82 Å². The quantitative estimate of drug-likeness (QED) is 0.552. The number of aryl methyl sites for hydroxylation is 1. The lowest BCUT2D eigenvalue weighted by molar-refractivity contribution is 0.593. The van der Waals surface area contributed by atoms with Gasteiger partial charge in [-0.15, -0.1) is 10.2 Å². The first-order valence-corrected chi connectivity index (χ1v) is 9.90. The van der Waals surface area contributed by atoms with Gasteiger partial charge in [0.05, 0.1) is 0 Å². The second-order valence-corrected chi connectivity index (χ2v) is 6.95. The van der Waals surface area contributed by atoms with Crippen molar-refractivity contribution < 1.29 is 4.39 Å². The van der Waals surface area contributed by atoms with Crippen LogP contribution < -0.4 is 10.6 Å². The molecule has 0 bridgehead atoms. The molecule has 0 spiro atoms.